The van der Waals surface area contributed by atoms with Gasteiger partial charge in [0.1, 0.15) is 5.69 Å². The van der Waals surface area contributed by atoms with Crippen molar-refractivity contribution in [1.82, 2.24) is 14.3 Å². The molecule has 0 amide bonds. The molecule has 0 aliphatic heterocycles. The third-order valence-electron chi connectivity index (χ3n) is 4.71. The normalized spacial score (nSPS) is 23.5. The number of aromatic nitrogens is 3. The molecule has 0 bridgehead atoms. The standard InChI is InChI=1S/C17H26N4OS2/c1-4-20-11-14(10-18-20)19-17-21(13(3)12-23-17)15-7-6-8-16(9-15)24(22)5-2/h10-12,15-16H,4-9H2,1-3H3/t15-,16-,24-/m1/s1. The molecule has 1 fully saturated rings. The van der Waals surface area contributed by atoms with E-state index in [2.05, 4.69) is 28.9 Å². The summed E-state index contributed by atoms with van der Waals surface area (Å²) in [6.07, 6.45) is 8.19. The molecule has 24 heavy (non-hydrogen) atoms. The Hall–Kier alpha value is -1.21. The second kappa shape index (κ2) is 7.78. The van der Waals surface area contributed by atoms with Crippen LogP contribution in [0.2, 0.25) is 0 Å². The van der Waals surface area contributed by atoms with Crippen molar-refractivity contribution >= 4 is 27.8 Å². The van der Waals surface area contributed by atoms with E-state index in [1.165, 1.54) is 5.69 Å². The molecule has 1 aliphatic rings. The van der Waals surface area contributed by atoms with E-state index in [0.29, 0.717) is 11.3 Å². The molecule has 0 saturated heterocycles. The van der Waals surface area contributed by atoms with E-state index >= 15 is 0 Å². The highest BCUT2D eigenvalue weighted by molar-refractivity contribution is 7.85. The molecular formula is C17H26N4OS2. The molecule has 0 spiro atoms. The topological polar surface area (TPSA) is 52.2 Å². The van der Waals surface area contributed by atoms with Gasteiger partial charge in [0.25, 0.3) is 0 Å². The molecule has 2 aromatic rings. The first-order valence-corrected chi connectivity index (χ1v) is 11.0. The lowest BCUT2D eigenvalue weighted by Crippen LogP contribution is -2.31. The Morgan fingerprint density at radius 3 is 2.96 bits per heavy atom. The number of nitrogens with zero attached hydrogens (tertiary/aromatic N) is 4. The monoisotopic (exact) mass is 366 g/mol. The van der Waals surface area contributed by atoms with Gasteiger partial charge in [-0.15, -0.1) is 11.3 Å². The van der Waals surface area contributed by atoms with Crippen LogP contribution < -0.4 is 4.80 Å². The maximum Gasteiger partial charge on any atom is 0.190 e. The summed E-state index contributed by atoms with van der Waals surface area (Å²) in [4.78, 5) is 5.84. The van der Waals surface area contributed by atoms with E-state index in [9.17, 15) is 4.21 Å². The third kappa shape index (κ3) is 3.72. The Bertz CT molecular complexity index is 774. The molecule has 5 nitrogen and oxygen atoms in total. The van der Waals surface area contributed by atoms with Crippen LogP contribution in [0.25, 0.3) is 0 Å². The van der Waals surface area contributed by atoms with Crippen LogP contribution in [0, 0.1) is 6.92 Å². The van der Waals surface area contributed by atoms with Crippen molar-refractivity contribution in [2.45, 2.75) is 64.3 Å². The minimum absolute atomic E-state index is 0.330. The minimum atomic E-state index is -0.699. The van der Waals surface area contributed by atoms with Gasteiger partial charge >= 0.3 is 0 Å². The van der Waals surface area contributed by atoms with Gasteiger partial charge in [-0.05, 0) is 33.1 Å². The molecule has 0 N–H and O–H groups in total. The lowest BCUT2D eigenvalue weighted by Gasteiger charge is -2.30. The molecule has 0 radical (unpaired) electrons. The highest BCUT2D eigenvalue weighted by Gasteiger charge is 2.27. The van der Waals surface area contributed by atoms with E-state index in [1.54, 1.807) is 11.3 Å². The number of hydrogen-bond acceptors (Lipinski definition) is 4. The van der Waals surface area contributed by atoms with E-state index in [4.69, 9.17) is 4.99 Å². The van der Waals surface area contributed by atoms with E-state index < -0.39 is 10.8 Å². The molecule has 0 aromatic carbocycles. The van der Waals surface area contributed by atoms with Crippen molar-refractivity contribution in [2.75, 3.05) is 5.75 Å². The molecule has 3 atom stereocenters. The van der Waals surface area contributed by atoms with Crippen LogP contribution in [0.3, 0.4) is 0 Å². The van der Waals surface area contributed by atoms with E-state index in [1.807, 2.05) is 24.0 Å². The quantitative estimate of drug-likeness (QED) is 0.812. The van der Waals surface area contributed by atoms with Gasteiger partial charge in [-0.3, -0.25) is 8.89 Å². The average molecular weight is 367 g/mol. The van der Waals surface area contributed by atoms with Crippen LogP contribution in [0.4, 0.5) is 5.69 Å². The maximum atomic E-state index is 12.2. The van der Waals surface area contributed by atoms with Crippen LogP contribution in [-0.4, -0.2) is 29.6 Å². The number of aryl methyl sites for hydroxylation is 2. The number of rotatable bonds is 5. The van der Waals surface area contributed by atoms with Gasteiger partial charge in [0.05, 0.1) is 12.4 Å². The Balaban J connectivity index is 1.91. The SMILES string of the molecule is CCn1cc(N=c2scc(C)n2[C@@H]2CCC[C@@H]([S@](=O)CC)C2)cn1. The van der Waals surface area contributed by atoms with Crippen molar-refractivity contribution < 1.29 is 4.21 Å². The van der Waals surface area contributed by atoms with Crippen molar-refractivity contribution in [2.24, 2.45) is 4.99 Å². The Morgan fingerprint density at radius 2 is 2.25 bits per heavy atom. The summed E-state index contributed by atoms with van der Waals surface area (Å²) in [5.74, 6) is 0.762. The van der Waals surface area contributed by atoms with Crippen LogP contribution in [0.15, 0.2) is 22.8 Å². The zero-order valence-electron chi connectivity index (χ0n) is 14.6. The lowest BCUT2D eigenvalue weighted by atomic mass is 9.94. The fraction of sp³-hybridized carbons (Fsp3) is 0.647. The molecule has 2 heterocycles. The van der Waals surface area contributed by atoms with Gasteiger partial charge in [0, 0.05) is 45.5 Å². The molecule has 7 heteroatoms. The van der Waals surface area contributed by atoms with Crippen LogP contribution in [0.1, 0.15) is 51.3 Å². The summed E-state index contributed by atoms with van der Waals surface area (Å²) in [6.45, 7) is 7.09. The van der Waals surface area contributed by atoms with Crippen LogP contribution >= 0.6 is 11.3 Å². The first-order valence-electron chi connectivity index (χ1n) is 8.73. The smallest absolute Gasteiger partial charge is 0.190 e. The second-order valence-electron chi connectivity index (χ2n) is 6.31. The lowest BCUT2D eigenvalue weighted by molar-refractivity contribution is 0.347. The van der Waals surface area contributed by atoms with Crippen molar-refractivity contribution in [3.05, 3.63) is 28.3 Å². The average Bonchev–Trinajstić information content (AvgIpc) is 3.21. The van der Waals surface area contributed by atoms with Gasteiger partial charge in [-0.2, -0.15) is 5.10 Å². The fourth-order valence-corrected chi connectivity index (χ4v) is 5.74. The molecule has 132 valence electrons. The van der Waals surface area contributed by atoms with Gasteiger partial charge in [0.2, 0.25) is 0 Å². The Kier molecular flexibility index (Phi) is 5.71. The Morgan fingerprint density at radius 1 is 1.42 bits per heavy atom. The molecular weight excluding hydrogens is 340 g/mol. The van der Waals surface area contributed by atoms with Crippen LogP contribution in [-0.2, 0) is 17.3 Å². The largest absolute Gasteiger partial charge is 0.318 e. The minimum Gasteiger partial charge on any atom is -0.318 e. The summed E-state index contributed by atoms with van der Waals surface area (Å²) in [5.41, 5.74) is 2.14. The van der Waals surface area contributed by atoms with Gasteiger partial charge < -0.3 is 4.57 Å². The summed E-state index contributed by atoms with van der Waals surface area (Å²) < 4.78 is 16.5. The highest BCUT2D eigenvalue weighted by atomic mass is 32.2. The van der Waals surface area contributed by atoms with Crippen molar-refractivity contribution in [3.63, 3.8) is 0 Å². The van der Waals surface area contributed by atoms with Gasteiger partial charge in [0.15, 0.2) is 4.80 Å². The molecule has 1 saturated carbocycles. The van der Waals surface area contributed by atoms with E-state index in [-0.39, 0.29) is 0 Å². The van der Waals surface area contributed by atoms with Crippen molar-refractivity contribution in [1.29, 1.82) is 0 Å². The predicted octanol–water partition coefficient (Wildman–Crippen LogP) is 3.56. The molecule has 0 unspecified atom stereocenters. The third-order valence-corrected chi connectivity index (χ3v) is 7.41. The highest BCUT2D eigenvalue weighted by Crippen LogP contribution is 2.31. The van der Waals surface area contributed by atoms with Gasteiger partial charge in [-0.25, -0.2) is 4.99 Å². The zero-order chi connectivity index (χ0) is 17.1. The fourth-order valence-electron chi connectivity index (χ4n) is 3.45. The van der Waals surface area contributed by atoms with Crippen molar-refractivity contribution in [3.8, 4) is 0 Å². The number of thiazole rings is 1. The number of hydrogen-bond donors (Lipinski definition) is 0. The predicted molar refractivity (Wildman–Crippen MR) is 100 cm³/mol. The molecule has 3 rings (SSSR count). The van der Waals surface area contributed by atoms with Gasteiger partial charge in [-0.1, -0.05) is 13.3 Å². The summed E-state index contributed by atoms with van der Waals surface area (Å²) in [6, 6.07) is 0.408. The summed E-state index contributed by atoms with van der Waals surface area (Å²) >= 11 is 1.68. The Labute approximate surface area is 149 Å². The van der Waals surface area contributed by atoms with E-state index in [0.717, 1.165) is 48.5 Å². The van der Waals surface area contributed by atoms with Crippen LogP contribution in [0.5, 0.6) is 0 Å². The second-order valence-corrected chi connectivity index (χ2v) is 9.15. The zero-order valence-corrected chi connectivity index (χ0v) is 16.3. The summed E-state index contributed by atoms with van der Waals surface area (Å²) in [7, 11) is -0.699. The molecule has 2 aromatic heterocycles. The molecule has 1 aliphatic carbocycles. The summed E-state index contributed by atoms with van der Waals surface area (Å²) in [5, 5.41) is 6.80. The maximum absolute atomic E-state index is 12.2. The first kappa shape index (κ1) is 17.6. The first-order chi connectivity index (χ1) is 11.6.